The molecule has 1 aromatic heterocycles. The molecule has 5 heteroatoms. The van der Waals surface area contributed by atoms with Crippen LogP contribution in [0.2, 0.25) is 10.2 Å². The molecular formula is C13H18Cl2N2O. The summed E-state index contributed by atoms with van der Waals surface area (Å²) < 4.78 is 0. The average Bonchev–Trinajstić information content (AvgIpc) is 2.37. The second-order valence-corrected chi connectivity index (χ2v) is 5.12. The molecule has 1 aromatic rings. The second-order valence-electron chi connectivity index (χ2n) is 4.32. The fourth-order valence-electron chi connectivity index (χ4n) is 1.58. The molecule has 1 amide bonds. The highest BCUT2D eigenvalue weighted by Crippen LogP contribution is 2.19. The van der Waals surface area contributed by atoms with Crippen molar-refractivity contribution in [3.63, 3.8) is 0 Å². The Morgan fingerprint density at radius 1 is 1.39 bits per heavy atom. The van der Waals surface area contributed by atoms with Crippen molar-refractivity contribution < 1.29 is 4.79 Å². The molecule has 0 aliphatic heterocycles. The van der Waals surface area contributed by atoms with Crippen molar-refractivity contribution in [2.45, 2.75) is 27.2 Å². The van der Waals surface area contributed by atoms with Gasteiger partial charge in [-0.3, -0.25) is 4.79 Å². The first kappa shape index (κ1) is 15.3. The minimum absolute atomic E-state index is 0.162. The third-order valence-corrected chi connectivity index (χ3v) is 3.43. The van der Waals surface area contributed by atoms with Crippen LogP contribution >= 0.6 is 23.2 Å². The quantitative estimate of drug-likeness (QED) is 0.770. The number of aromatic nitrogens is 1. The Bertz CT molecular complexity index is 423. The molecule has 0 saturated carbocycles. The lowest BCUT2D eigenvalue weighted by molar-refractivity contribution is 0.0735. The Hall–Kier alpha value is -0.800. The molecule has 1 unspecified atom stereocenters. The molecule has 0 N–H and O–H groups in total. The molecule has 0 saturated heterocycles. The molecule has 0 aromatic carbocycles. The van der Waals surface area contributed by atoms with Gasteiger partial charge >= 0.3 is 0 Å². The summed E-state index contributed by atoms with van der Waals surface area (Å²) >= 11 is 11.8. The summed E-state index contributed by atoms with van der Waals surface area (Å²) in [5.41, 5.74) is 0.231. The fraction of sp³-hybridized carbons (Fsp3) is 0.538. The van der Waals surface area contributed by atoms with E-state index in [9.17, 15) is 4.79 Å². The van der Waals surface area contributed by atoms with Gasteiger partial charge in [-0.15, -0.1) is 0 Å². The monoisotopic (exact) mass is 288 g/mol. The van der Waals surface area contributed by atoms with Gasteiger partial charge in [-0.05, 0) is 25.0 Å². The third kappa shape index (κ3) is 3.85. The number of hydrogen-bond acceptors (Lipinski definition) is 2. The molecule has 0 aliphatic rings. The first-order chi connectivity index (χ1) is 8.49. The predicted molar refractivity (Wildman–Crippen MR) is 75.3 cm³/mol. The molecule has 3 nitrogen and oxygen atoms in total. The van der Waals surface area contributed by atoms with Gasteiger partial charge < -0.3 is 4.90 Å². The van der Waals surface area contributed by atoms with Gasteiger partial charge in [0.25, 0.3) is 5.91 Å². The summed E-state index contributed by atoms with van der Waals surface area (Å²) in [6, 6.07) is 3.17. The van der Waals surface area contributed by atoms with Crippen LogP contribution in [0.1, 0.15) is 37.7 Å². The normalized spacial score (nSPS) is 12.3. The van der Waals surface area contributed by atoms with E-state index in [0.717, 1.165) is 6.42 Å². The van der Waals surface area contributed by atoms with Crippen molar-refractivity contribution in [2.24, 2.45) is 5.92 Å². The topological polar surface area (TPSA) is 33.2 Å². The Morgan fingerprint density at radius 3 is 2.61 bits per heavy atom. The smallest absolute Gasteiger partial charge is 0.274 e. The van der Waals surface area contributed by atoms with E-state index in [2.05, 4.69) is 18.8 Å². The van der Waals surface area contributed by atoms with Gasteiger partial charge in [0, 0.05) is 13.1 Å². The lowest BCUT2D eigenvalue weighted by atomic mass is 10.1. The van der Waals surface area contributed by atoms with Crippen LogP contribution in [0.3, 0.4) is 0 Å². The van der Waals surface area contributed by atoms with Crippen molar-refractivity contribution in [1.29, 1.82) is 0 Å². The Morgan fingerprint density at radius 2 is 2.06 bits per heavy atom. The molecule has 0 fully saturated rings. The summed E-state index contributed by atoms with van der Waals surface area (Å²) in [5.74, 6) is 0.289. The van der Waals surface area contributed by atoms with E-state index in [1.807, 2.05) is 6.92 Å². The number of carbonyl (C=O) groups excluding carboxylic acids is 1. The lowest BCUT2D eigenvalue weighted by Crippen LogP contribution is -2.35. The van der Waals surface area contributed by atoms with Gasteiger partial charge in [0.2, 0.25) is 0 Å². The zero-order chi connectivity index (χ0) is 13.7. The van der Waals surface area contributed by atoms with Crippen LogP contribution in [0.25, 0.3) is 0 Å². The van der Waals surface area contributed by atoms with Crippen molar-refractivity contribution in [2.75, 3.05) is 13.1 Å². The number of halogens is 2. The van der Waals surface area contributed by atoms with Crippen molar-refractivity contribution in [3.8, 4) is 0 Å². The van der Waals surface area contributed by atoms with E-state index in [1.165, 1.54) is 0 Å². The Kier molecular flexibility index (Phi) is 5.89. The highest BCUT2D eigenvalue weighted by Gasteiger charge is 2.20. The lowest BCUT2D eigenvalue weighted by Gasteiger charge is -2.24. The molecule has 18 heavy (non-hydrogen) atoms. The van der Waals surface area contributed by atoms with E-state index < -0.39 is 0 Å². The minimum Gasteiger partial charge on any atom is -0.337 e. The van der Waals surface area contributed by atoms with Gasteiger partial charge in [-0.2, -0.15) is 0 Å². The standard InChI is InChI=1S/C13H18Cl2N2O/c1-4-9(3)8-17(5-2)13(18)12-10(14)6-7-11(15)16-12/h6-7,9H,4-5,8H2,1-3H3. The molecule has 0 aliphatic carbocycles. The second kappa shape index (κ2) is 6.95. The summed E-state index contributed by atoms with van der Waals surface area (Å²) in [6.45, 7) is 7.50. The molecule has 1 rings (SSSR count). The van der Waals surface area contributed by atoms with Crippen LogP contribution in [0.5, 0.6) is 0 Å². The van der Waals surface area contributed by atoms with E-state index in [1.54, 1.807) is 17.0 Å². The molecule has 1 atom stereocenters. The summed E-state index contributed by atoms with van der Waals surface area (Å²) in [7, 11) is 0. The first-order valence-corrected chi connectivity index (χ1v) is 6.86. The van der Waals surface area contributed by atoms with E-state index in [-0.39, 0.29) is 16.8 Å². The third-order valence-electron chi connectivity index (χ3n) is 2.91. The van der Waals surface area contributed by atoms with Crippen LogP contribution in [-0.2, 0) is 0 Å². The largest absolute Gasteiger partial charge is 0.337 e. The summed E-state index contributed by atoms with van der Waals surface area (Å²) in [4.78, 5) is 18.1. The van der Waals surface area contributed by atoms with Crippen LogP contribution < -0.4 is 0 Å². The molecular weight excluding hydrogens is 271 g/mol. The molecule has 100 valence electrons. The maximum absolute atomic E-state index is 12.3. The zero-order valence-electron chi connectivity index (χ0n) is 10.9. The maximum atomic E-state index is 12.3. The molecule has 0 bridgehead atoms. The number of hydrogen-bond donors (Lipinski definition) is 0. The van der Waals surface area contributed by atoms with Crippen LogP contribution in [0.4, 0.5) is 0 Å². The number of pyridine rings is 1. The van der Waals surface area contributed by atoms with Crippen LogP contribution in [0.15, 0.2) is 12.1 Å². The van der Waals surface area contributed by atoms with Crippen molar-refractivity contribution in [3.05, 3.63) is 28.0 Å². The number of rotatable bonds is 5. The number of nitrogens with zero attached hydrogens (tertiary/aromatic N) is 2. The maximum Gasteiger partial charge on any atom is 0.274 e. The predicted octanol–water partition coefficient (Wildman–Crippen LogP) is 3.90. The number of amides is 1. The van der Waals surface area contributed by atoms with Crippen molar-refractivity contribution >= 4 is 29.1 Å². The fourth-order valence-corrected chi connectivity index (χ4v) is 1.91. The van der Waals surface area contributed by atoms with Gasteiger partial charge in [0.05, 0.1) is 5.02 Å². The molecule has 0 spiro atoms. The van der Waals surface area contributed by atoms with Gasteiger partial charge in [0.15, 0.2) is 0 Å². The molecule has 1 heterocycles. The minimum atomic E-state index is -0.162. The van der Waals surface area contributed by atoms with Gasteiger partial charge in [0.1, 0.15) is 10.8 Å². The van der Waals surface area contributed by atoms with Crippen molar-refractivity contribution in [1.82, 2.24) is 9.88 Å². The van der Waals surface area contributed by atoms with E-state index in [4.69, 9.17) is 23.2 Å². The Labute approximate surface area is 118 Å². The van der Waals surface area contributed by atoms with Crippen LogP contribution in [0, 0.1) is 5.92 Å². The van der Waals surface area contributed by atoms with Gasteiger partial charge in [-0.1, -0.05) is 43.5 Å². The first-order valence-electron chi connectivity index (χ1n) is 6.10. The number of carbonyl (C=O) groups is 1. The summed E-state index contributed by atoms with van der Waals surface area (Å²) in [6.07, 6.45) is 1.03. The van der Waals surface area contributed by atoms with E-state index in [0.29, 0.717) is 24.0 Å². The Balaban J connectivity index is 2.92. The molecule has 0 radical (unpaired) electrons. The highest BCUT2D eigenvalue weighted by atomic mass is 35.5. The van der Waals surface area contributed by atoms with E-state index >= 15 is 0 Å². The zero-order valence-corrected chi connectivity index (χ0v) is 12.4. The average molecular weight is 289 g/mol. The highest BCUT2D eigenvalue weighted by molar-refractivity contribution is 6.34. The van der Waals surface area contributed by atoms with Crippen LogP contribution in [-0.4, -0.2) is 28.9 Å². The van der Waals surface area contributed by atoms with Gasteiger partial charge in [-0.25, -0.2) is 4.98 Å². The SMILES string of the molecule is CCC(C)CN(CC)C(=O)c1nc(Cl)ccc1Cl. The summed E-state index contributed by atoms with van der Waals surface area (Å²) in [5, 5.41) is 0.620.